The van der Waals surface area contributed by atoms with Crippen molar-refractivity contribution in [1.29, 1.82) is 0 Å². The van der Waals surface area contributed by atoms with Crippen molar-refractivity contribution in [3.63, 3.8) is 0 Å². The lowest BCUT2D eigenvalue weighted by molar-refractivity contribution is -0.130. The van der Waals surface area contributed by atoms with Gasteiger partial charge < -0.3 is 9.88 Å². The number of ketones is 1. The molecule has 0 saturated carbocycles. The summed E-state index contributed by atoms with van der Waals surface area (Å²) in [5.74, 6) is -0.558. The topological polar surface area (TPSA) is 53.2 Å². The highest BCUT2D eigenvalue weighted by molar-refractivity contribution is 6.08. The standard InChI is InChI=1S/C23H21FN2O2/c24-18-6-7-21-19(14-18)20(15-25-21)22(27)8-9-23(28)26-12-10-17(11-13-26)16-4-2-1-3-5-16/h1-7,10,14-15,25H,8-9,11-13H2. The van der Waals surface area contributed by atoms with Gasteiger partial charge in [-0.25, -0.2) is 4.39 Å². The Labute approximate surface area is 162 Å². The minimum absolute atomic E-state index is 0.0252. The second kappa shape index (κ2) is 7.80. The van der Waals surface area contributed by atoms with Crippen LogP contribution in [0, 0.1) is 5.82 Å². The fourth-order valence-corrected chi connectivity index (χ4v) is 3.65. The lowest BCUT2D eigenvalue weighted by atomic mass is 9.99. The van der Waals surface area contributed by atoms with Crippen molar-refractivity contribution in [2.24, 2.45) is 0 Å². The molecular formula is C23H21FN2O2. The van der Waals surface area contributed by atoms with E-state index in [1.165, 1.54) is 23.3 Å². The maximum atomic E-state index is 13.5. The Hall–Kier alpha value is -3.21. The average molecular weight is 376 g/mol. The molecule has 1 aromatic heterocycles. The molecule has 0 aliphatic carbocycles. The van der Waals surface area contributed by atoms with E-state index >= 15 is 0 Å². The van der Waals surface area contributed by atoms with Crippen LogP contribution in [0.5, 0.6) is 0 Å². The predicted octanol–water partition coefficient (Wildman–Crippen LogP) is 4.59. The summed E-state index contributed by atoms with van der Waals surface area (Å²) in [5, 5.41) is 0.561. The quantitative estimate of drug-likeness (QED) is 0.663. The van der Waals surface area contributed by atoms with Gasteiger partial charge in [0.15, 0.2) is 5.78 Å². The molecule has 1 amide bonds. The Kier molecular flexibility index (Phi) is 5.06. The summed E-state index contributed by atoms with van der Waals surface area (Å²) < 4.78 is 13.5. The third-order valence-electron chi connectivity index (χ3n) is 5.22. The number of carbonyl (C=O) groups excluding carboxylic acids is 2. The van der Waals surface area contributed by atoms with Gasteiger partial charge in [-0.1, -0.05) is 36.4 Å². The van der Waals surface area contributed by atoms with Gasteiger partial charge in [0.2, 0.25) is 5.91 Å². The van der Waals surface area contributed by atoms with E-state index in [1.807, 2.05) is 18.2 Å². The summed E-state index contributed by atoms with van der Waals surface area (Å²) in [6.07, 6.45) is 4.77. The van der Waals surface area contributed by atoms with E-state index in [0.717, 1.165) is 6.42 Å². The highest BCUT2D eigenvalue weighted by Crippen LogP contribution is 2.24. The van der Waals surface area contributed by atoms with E-state index in [9.17, 15) is 14.0 Å². The number of nitrogens with one attached hydrogen (secondary N) is 1. The maximum Gasteiger partial charge on any atom is 0.223 e. The molecule has 142 valence electrons. The van der Waals surface area contributed by atoms with Crippen molar-refractivity contribution in [1.82, 2.24) is 9.88 Å². The number of halogens is 1. The second-order valence-corrected chi connectivity index (χ2v) is 7.00. The molecule has 0 radical (unpaired) electrons. The number of hydrogen-bond donors (Lipinski definition) is 1. The number of rotatable bonds is 5. The van der Waals surface area contributed by atoms with E-state index in [4.69, 9.17) is 0 Å². The Morgan fingerprint density at radius 3 is 2.64 bits per heavy atom. The van der Waals surface area contributed by atoms with Crippen LogP contribution in [0.2, 0.25) is 0 Å². The van der Waals surface area contributed by atoms with Crippen molar-refractivity contribution < 1.29 is 14.0 Å². The molecule has 0 unspecified atom stereocenters. The third-order valence-corrected chi connectivity index (χ3v) is 5.22. The summed E-state index contributed by atoms with van der Waals surface area (Å²) in [7, 11) is 0. The van der Waals surface area contributed by atoms with Crippen LogP contribution in [0.25, 0.3) is 16.5 Å². The lowest BCUT2D eigenvalue weighted by Crippen LogP contribution is -2.34. The number of amides is 1. The summed E-state index contributed by atoms with van der Waals surface area (Å²) in [6, 6.07) is 14.5. The summed E-state index contributed by atoms with van der Waals surface area (Å²) >= 11 is 0. The zero-order chi connectivity index (χ0) is 19.5. The van der Waals surface area contributed by atoms with Crippen molar-refractivity contribution in [3.05, 3.63) is 77.7 Å². The second-order valence-electron chi connectivity index (χ2n) is 7.00. The van der Waals surface area contributed by atoms with E-state index in [1.54, 1.807) is 17.2 Å². The number of Topliss-reactive ketones (excluding diaryl/α,β-unsaturated/α-hetero) is 1. The number of aromatic amines is 1. The van der Waals surface area contributed by atoms with Gasteiger partial charge in [0, 0.05) is 48.6 Å². The first-order valence-electron chi connectivity index (χ1n) is 9.44. The predicted molar refractivity (Wildman–Crippen MR) is 107 cm³/mol. The number of nitrogens with zero attached hydrogens (tertiary/aromatic N) is 1. The van der Waals surface area contributed by atoms with Gasteiger partial charge in [0.05, 0.1) is 0 Å². The van der Waals surface area contributed by atoms with Gasteiger partial charge >= 0.3 is 0 Å². The molecular weight excluding hydrogens is 355 g/mol. The van der Waals surface area contributed by atoms with Crippen molar-refractivity contribution >= 4 is 28.2 Å². The number of H-pyrrole nitrogens is 1. The average Bonchev–Trinajstić information content (AvgIpc) is 3.15. The van der Waals surface area contributed by atoms with Gasteiger partial charge in [-0.2, -0.15) is 0 Å². The molecule has 4 rings (SSSR count). The Morgan fingerprint density at radius 2 is 1.89 bits per heavy atom. The van der Waals surface area contributed by atoms with E-state index < -0.39 is 0 Å². The van der Waals surface area contributed by atoms with Gasteiger partial charge in [-0.05, 0) is 35.8 Å². The number of aromatic nitrogens is 1. The van der Waals surface area contributed by atoms with E-state index in [2.05, 4.69) is 23.2 Å². The fourth-order valence-electron chi connectivity index (χ4n) is 3.65. The van der Waals surface area contributed by atoms with Crippen molar-refractivity contribution in [2.45, 2.75) is 19.3 Å². The molecule has 0 bridgehead atoms. The first-order valence-corrected chi connectivity index (χ1v) is 9.44. The summed E-state index contributed by atoms with van der Waals surface area (Å²) in [5.41, 5.74) is 3.59. The highest BCUT2D eigenvalue weighted by Gasteiger charge is 2.20. The van der Waals surface area contributed by atoms with Crippen LogP contribution in [0.15, 0.2) is 60.8 Å². The van der Waals surface area contributed by atoms with Crippen molar-refractivity contribution in [2.75, 3.05) is 13.1 Å². The molecule has 0 fully saturated rings. The Balaban J connectivity index is 1.36. The lowest BCUT2D eigenvalue weighted by Gasteiger charge is -2.26. The largest absolute Gasteiger partial charge is 0.360 e. The van der Waals surface area contributed by atoms with Crippen LogP contribution in [0.3, 0.4) is 0 Å². The zero-order valence-electron chi connectivity index (χ0n) is 15.5. The summed E-state index contributed by atoms with van der Waals surface area (Å²) in [6.45, 7) is 1.22. The van der Waals surface area contributed by atoms with Gasteiger partial charge in [-0.15, -0.1) is 0 Å². The fraction of sp³-hybridized carbons (Fsp3) is 0.217. The van der Waals surface area contributed by atoms with E-state index in [-0.39, 0.29) is 30.3 Å². The molecule has 3 aromatic rings. The number of hydrogen-bond acceptors (Lipinski definition) is 2. The Morgan fingerprint density at radius 1 is 1.07 bits per heavy atom. The maximum absolute atomic E-state index is 13.5. The minimum Gasteiger partial charge on any atom is -0.360 e. The highest BCUT2D eigenvalue weighted by atomic mass is 19.1. The molecule has 5 heteroatoms. The summed E-state index contributed by atoms with van der Waals surface area (Å²) in [4.78, 5) is 29.8. The minimum atomic E-state index is -0.383. The molecule has 0 saturated heterocycles. The normalized spacial score (nSPS) is 14.2. The molecule has 4 nitrogen and oxygen atoms in total. The van der Waals surface area contributed by atoms with Crippen molar-refractivity contribution in [3.8, 4) is 0 Å². The third kappa shape index (κ3) is 3.74. The van der Waals surface area contributed by atoms with Crippen LogP contribution in [-0.2, 0) is 4.79 Å². The molecule has 1 N–H and O–H groups in total. The number of benzene rings is 2. The van der Waals surface area contributed by atoms with Crippen LogP contribution >= 0.6 is 0 Å². The molecule has 28 heavy (non-hydrogen) atoms. The smallest absolute Gasteiger partial charge is 0.223 e. The van der Waals surface area contributed by atoms with Crippen LogP contribution in [0.4, 0.5) is 4.39 Å². The SMILES string of the molecule is O=C(CCC(=O)N1CC=C(c2ccccc2)CC1)c1c[nH]c2ccc(F)cc12. The first kappa shape index (κ1) is 18.2. The van der Waals surface area contributed by atoms with Gasteiger partial charge in [0.25, 0.3) is 0 Å². The molecule has 2 aromatic carbocycles. The molecule has 0 atom stereocenters. The van der Waals surface area contributed by atoms with Gasteiger partial charge in [-0.3, -0.25) is 9.59 Å². The van der Waals surface area contributed by atoms with E-state index in [0.29, 0.717) is 29.6 Å². The first-order chi connectivity index (χ1) is 13.6. The number of carbonyl (C=O) groups is 2. The van der Waals surface area contributed by atoms with Crippen LogP contribution in [0.1, 0.15) is 35.2 Å². The molecule has 2 heterocycles. The monoisotopic (exact) mass is 376 g/mol. The molecule has 0 spiro atoms. The Bertz CT molecular complexity index is 1050. The van der Waals surface area contributed by atoms with Crippen LogP contribution < -0.4 is 0 Å². The van der Waals surface area contributed by atoms with Crippen LogP contribution in [-0.4, -0.2) is 34.7 Å². The molecule has 1 aliphatic rings. The van der Waals surface area contributed by atoms with Gasteiger partial charge in [0.1, 0.15) is 5.82 Å². The zero-order valence-corrected chi connectivity index (χ0v) is 15.5. The molecule has 1 aliphatic heterocycles. The number of fused-ring (bicyclic) bond motifs is 1.